The summed E-state index contributed by atoms with van der Waals surface area (Å²) in [5.74, 6) is -1.30. The van der Waals surface area contributed by atoms with Crippen LogP contribution in [0.1, 0.15) is 46.5 Å². The number of likely N-dealkylation sites (tertiary alicyclic amines) is 1. The number of amides is 1. The second-order valence-electron chi connectivity index (χ2n) is 6.70. The van der Waals surface area contributed by atoms with Crippen molar-refractivity contribution < 1.29 is 18.7 Å². The highest BCUT2D eigenvalue weighted by Gasteiger charge is 2.28. The Kier molecular flexibility index (Phi) is 6.31. The molecule has 0 saturated carbocycles. The largest absolute Gasteiger partial charge is 0.462 e. The van der Waals surface area contributed by atoms with Gasteiger partial charge in [0.05, 0.1) is 12.2 Å². The third kappa shape index (κ3) is 4.58. The van der Waals surface area contributed by atoms with E-state index in [0.29, 0.717) is 23.1 Å². The zero-order valence-electron chi connectivity index (χ0n) is 15.2. The Balaban J connectivity index is 1.59. The van der Waals surface area contributed by atoms with Gasteiger partial charge in [-0.25, -0.2) is 9.18 Å². The molecule has 0 spiro atoms. The van der Waals surface area contributed by atoms with Crippen LogP contribution in [0.4, 0.5) is 4.39 Å². The first kappa shape index (κ1) is 19.6. The molecule has 1 aliphatic rings. The van der Waals surface area contributed by atoms with Gasteiger partial charge >= 0.3 is 5.97 Å². The van der Waals surface area contributed by atoms with E-state index in [1.807, 2.05) is 34.8 Å². The quantitative estimate of drug-likeness (QED) is 0.660. The van der Waals surface area contributed by atoms with Crippen molar-refractivity contribution >= 4 is 27.8 Å². The Labute approximate surface area is 166 Å². The number of benzene rings is 1. The number of piperidine rings is 1. The minimum Gasteiger partial charge on any atom is -0.462 e. The monoisotopic (exact) mass is 436 g/mol. The van der Waals surface area contributed by atoms with E-state index < -0.39 is 11.8 Å². The van der Waals surface area contributed by atoms with Gasteiger partial charge in [0.2, 0.25) is 0 Å². The maximum Gasteiger partial charge on any atom is 0.341 e. The van der Waals surface area contributed by atoms with Gasteiger partial charge in [-0.05, 0) is 49.6 Å². The van der Waals surface area contributed by atoms with Gasteiger partial charge in [-0.2, -0.15) is 0 Å². The molecule has 144 valence electrons. The molecule has 1 unspecified atom stereocenters. The lowest BCUT2D eigenvalue weighted by molar-refractivity contribution is 0.0402. The van der Waals surface area contributed by atoms with Gasteiger partial charge < -0.3 is 14.2 Å². The summed E-state index contributed by atoms with van der Waals surface area (Å²) in [7, 11) is 1.85. The molecular formula is C20H22BrFN2O3. The maximum absolute atomic E-state index is 13.9. The van der Waals surface area contributed by atoms with Gasteiger partial charge in [-0.1, -0.05) is 15.9 Å². The number of esters is 1. The summed E-state index contributed by atoms with van der Waals surface area (Å²) in [6.45, 7) is 0.847. The first-order valence-corrected chi connectivity index (χ1v) is 9.81. The lowest BCUT2D eigenvalue weighted by Gasteiger charge is -2.35. The first-order chi connectivity index (χ1) is 13.0. The molecule has 5 nitrogen and oxygen atoms in total. The molecular weight excluding hydrogens is 415 g/mol. The molecule has 1 atom stereocenters. The molecule has 1 aliphatic heterocycles. The van der Waals surface area contributed by atoms with Crippen LogP contribution in [0.5, 0.6) is 0 Å². The molecule has 1 aromatic heterocycles. The molecule has 1 fully saturated rings. The summed E-state index contributed by atoms with van der Waals surface area (Å²) < 4.78 is 21.5. The highest BCUT2D eigenvalue weighted by molar-refractivity contribution is 9.10. The third-order valence-corrected chi connectivity index (χ3v) is 5.38. The molecule has 0 N–H and O–H groups in total. The fraction of sp³-hybridized carbons (Fsp3) is 0.400. The first-order valence-electron chi connectivity index (χ1n) is 9.02. The number of rotatable bonds is 5. The zero-order valence-corrected chi connectivity index (χ0v) is 16.7. The summed E-state index contributed by atoms with van der Waals surface area (Å²) >= 11 is 3.16. The van der Waals surface area contributed by atoms with Crippen molar-refractivity contribution in [3.8, 4) is 0 Å². The molecule has 1 saturated heterocycles. The van der Waals surface area contributed by atoms with E-state index in [1.165, 1.54) is 12.1 Å². The molecule has 2 aromatic rings. The van der Waals surface area contributed by atoms with Crippen LogP contribution in [0.2, 0.25) is 0 Å². The number of nitrogens with zero attached hydrogens (tertiary/aromatic N) is 2. The van der Waals surface area contributed by atoms with Crippen LogP contribution >= 0.6 is 15.9 Å². The Hall–Kier alpha value is -2.15. The average molecular weight is 437 g/mol. The summed E-state index contributed by atoms with van der Waals surface area (Å²) in [5, 5.41) is 0. The minimum atomic E-state index is -0.684. The molecule has 7 heteroatoms. The van der Waals surface area contributed by atoms with Crippen molar-refractivity contribution in [2.45, 2.75) is 31.7 Å². The summed E-state index contributed by atoms with van der Waals surface area (Å²) in [6.07, 6.45) is 5.27. The van der Waals surface area contributed by atoms with Crippen molar-refractivity contribution in [2.24, 2.45) is 7.05 Å². The summed E-state index contributed by atoms with van der Waals surface area (Å²) in [5.41, 5.74) is 0.564. The lowest BCUT2D eigenvalue weighted by Crippen LogP contribution is -2.44. The van der Waals surface area contributed by atoms with Crippen LogP contribution in [0, 0.1) is 5.82 Å². The normalized spacial score (nSPS) is 17.0. The van der Waals surface area contributed by atoms with Crippen LogP contribution < -0.4 is 0 Å². The number of hydrogen-bond donors (Lipinski definition) is 0. The fourth-order valence-electron chi connectivity index (χ4n) is 3.42. The van der Waals surface area contributed by atoms with Gasteiger partial charge in [-0.15, -0.1) is 0 Å². The molecule has 1 aromatic carbocycles. The van der Waals surface area contributed by atoms with Crippen molar-refractivity contribution in [1.29, 1.82) is 0 Å². The Morgan fingerprint density at radius 3 is 2.81 bits per heavy atom. The van der Waals surface area contributed by atoms with Crippen LogP contribution in [0.15, 0.2) is 41.0 Å². The number of aromatic nitrogens is 1. The standard InChI is InChI=1S/C20H22BrFN2O3/c1-23-10-4-6-18(23)19(25)24-11-3-2-5-15(24)9-12-27-20(26)16-8-7-14(21)13-17(16)22/h4,6-8,10,13,15H,2-3,5,9,11-12H2,1H3. The fourth-order valence-corrected chi connectivity index (χ4v) is 3.75. The van der Waals surface area contributed by atoms with Crippen LogP contribution in [-0.2, 0) is 11.8 Å². The number of aryl methyl sites for hydroxylation is 1. The van der Waals surface area contributed by atoms with Crippen molar-refractivity contribution in [2.75, 3.05) is 13.2 Å². The Bertz CT molecular complexity index is 836. The van der Waals surface area contributed by atoms with Crippen molar-refractivity contribution in [3.63, 3.8) is 0 Å². The van der Waals surface area contributed by atoms with Crippen LogP contribution in [0.25, 0.3) is 0 Å². The number of halogens is 2. The lowest BCUT2D eigenvalue weighted by atomic mass is 9.99. The van der Waals surface area contributed by atoms with E-state index in [1.54, 1.807) is 6.07 Å². The predicted molar refractivity (Wildman–Crippen MR) is 103 cm³/mol. The predicted octanol–water partition coefficient (Wildman–Crippen LogP) is 4.17. The third-order valence-electron chi connectivity index (χ3n) is 4.89. The molecule has 0 radical (unpaired) electrons. The van der Waals surface area contributed by atoms with Gasteiger partial charge in [0.25, 0.3) is 5.91 Å². The average Bonchev–Trinajstić information content (AvgIpc) is 3.07. The van der Waals surface area contributed by atoms with E-state index in [2.05, 4.69) is 15.9 Å². The van der Waals surface area contributed by atoms with Crippen molar-refractivity contribution in [1.82, 2.24) is 9.47 Å². The molecule has 2 heterocycles. The SMILES string of the molecule is Cn1cccc1C(=O)N1CCCCC1CCOC(=O)c1ccc(Br)cc1F. The number of ether oxygens (including phenoxy) is 1. The number of hydrogen-bond acceptors (Lipinski definition) is 3. The van der Waals surface area contributed by atoms with E-state index in [9.17, 15) is 14.0 Å². The van der Waals surface area contributed by atoms with E-state index in [-0.39, 0.29) is 24.1 Å². The van der Waals surface area contributed by atoms with Gasteiger partial charge in [0.1, 0.15) is 11.5 Å². The van der Waals surface area contributed by atoms with E-state index in [4.69, 9.17) is 4.74 Å². The van der Waals surface area contributed by atoms with Crippen molar-refractivity contribution in [3.05, 3.63) is 58.1 Å². The topological polar surface area (TPSA) is 51.5 Å². The molecule has 0 bridgehead atoms. The van der Waals surface area contributed by atoms with Gasteiger partial charge in [0, 0.05) is 36.7 Å². The summed E-state index contributed by atoms with van der Waals surface area (Å²) in [4.78, 5) is 26.8. The highest BCUT2D eigenvalue weighted by atomic mass is 79.9. The smallest absolute Gasteiger partial charge is 0.341 e. The van der Waals surface area contributed by atoms with Crippen LogP contribution in [-0.4, -0.2) is 40.5 Å². The maximum atomic E-state index is 13.9. The number of carbonyl (C=O) groups is 2. The minimum absolute atomic E-state index is 0.00233. The molecule has 1 amide bonds. The summed E-state index contributed by atoms with van der Waals surface area (Å²) in [6, 6.07) is 7.90. The van der Waals surface area contributed by atoms with E-state index >= 15 is 0 Å². The molecule has 3 rings (SSSR count). The van der Waals surface area contributed by atoms with Gasteiger partial charge in [-0.3, -0.25) is 4.79 Å². The van der Waals surface area contributed by atoms with E-state index in [0.717, 1.165) is 19.3 Å². The second-order valence-corrected chi connectivity index (χ2v) is 7.62. The Morgan fingerprint density at radius 1 is 1.30 bits per heavy atom. The number of carbonyl (C=O) groups excluding carboxylic acids is 2. The van der Waals surface area contributed by atoms with Crippen LogP contribution in [0.3, 0.4) is 0 Å². The molecule has 27 heavy (non-hydrogen) atoms. The Morgan fingerprint density at radius 2 is 2.11 bits per heavy atom. The second kappa shape index (κ2) is 8.69. The van der Waals surface area contributed by atoms with Gasteiger partial charge in [0.15, 0.2) is 0 Å². The highest BCUT2D eigenvalue weighted by Crippen LogP contribution is 2.23. The molecule has 0 aliphatic carbocycles. The zero-order chi connectivity index (χ0) is 19.4.